The Labute approximate surface area is 76.3 Å². The Kier molecular flexibility index (Phi) is 4.02. The van der Waals surface area contributed by atoms with Gasteiger partial charge in [-0.2, -0.15) is 0 Å². The van der Waals surface area contributed by atoms with Crippen LogP contribution in [0.4, 0.5) is 0 Å². The molecule has 2 nitrogen and oxygen atoms in total. The maximum Gasteiger partial charge on any atom is 0.0218 e. The van der Waals surface area contributed by atoms with Crippen molar-refractivity contribution in [2.24, 2.45) is 0 Å². The molecule has 1 aliphatic heterocycles. The third-order valence-corrected chi connectivity index (χ3v) is 2.71. The normalized spacial score (nSPS) is 32.2. The summed E-state index contributed by atoms with van der Waals surface area (Å²) >= 11 is 0. The van der Waals surface area contributed by atoms with Gasteiger partial charge in [-0.3, -0.25) is 4.90 Å². The molecule has 0 aromatic carbocycles. The largest absolute Gasteiger partial charge is 0.311 e. The van der Waals surface area contributed by atoms with Crippen molar-refractivity contribution in [3.63, 3.8) is 0 Å². The highest BCUT2D eigenvalue weighted by Crippen LogP contribution is 2.10. The molecule has 0 aromatic rings. The van der Waals surface area contributed by atoms with Crippen molar-refractivity contribution in [3.05, 3.63) is 0 Å². The van der Waals surface area contributed by atoms with Crippen LogP contribution in [0.25, 0.3) is 0 Å². The van der Waals surface area contributed by atoms with Crippen LogP contribution >= 0.6 is 0 Å². The second-order valence-corrected chi connectivity index (χ2v) is 3.87. The molecule has 0 amide bonds. The Morgan fingerprint density at radius 1 is 1.42 bits per heavy atom. The summed E-state index contributed by atoms with van der Waals surface area (Å²) in [7, 11) is 0. The molecule has 1 fully saturated rings. The molecular formula is C10H22N2. The lowest BCUT2D eigenvalue weighted by atomic mass is 10.1. The number of rotatable bonds is 3. The molecule has 0 radical (unpaired) electrons. The molecule has 0 aliphatic carbocycles. The van der Waals surface area contributed by atoms with E-state index in [1.165, 1.54) is 32.5 Å². The van der Waals surface area contributed by atoms with E-state index >= 15 is 0 Å². The first kappa shape index (κ1) is 10.0. The summed E-state index contributed by atoms with van der Waals surface area (Å²) in [6.45, 7) is 10.5. The van der Waals surface area contributed by atoms with Crippen LogP contribution < -0.4 is 5.32 Å². The number of nitrogens with one attached hydrogen (secondary N) is 1. The number of nitrogens with zero attached hydrogens (tertiary/aromatic N) is 1. The third kappa shape index (κ3) is 2.46. The van der Waals surface area contributed by atoms with Gasteiger partial charge >= 0.3 is 0 Å². The van der Waals surface area contributed by atoms with Gasteiger partial charge < -0.3 is 5.32 Å². The van der Waals surface area contributed by atoms with Crippen molar-refractivity contribution in [2.75, 3.05) is 19.6 Å². The summed E-state index contributed by atoms with van der Waals surface area (Å²) in [5, 5.41) is 3.53. The smallest absolute Gasteiger partial charge is 0.0218 e. The number of hydrogen-bond donors (Lipinski definition) is 1. The lowest BCUT2D eigenvalue weighted by Crippen LogP contribution is -2.55. The summed E-state index contributed by atoms with van der Waals surface area (Å²) in [5.41, 5.74) is 0. The summed E-state index contributed by atoms with van der Waals surface area (Å²) in [6.07, 6.45) is 2.56. The number of piperazine rings is 1. The molecule has 2 heteroatoms. The van der Waals surface area contributed by atoms with E-state index in [1.807, 2.05) is 0 Å². The van der Waals surface area contributed by atoms with Crippen molar-refractivity contribution < 1.29 is 0 Å². The van der Waals surface area contributed by atoms with Gasteiger partial charge in [-0.15, -0.1) is 0 Å². The van der Waals surface area contributed by atoms with Gasteiger partial charge in [-0.05, 0) is 26.3 Å². The molecule has 1 saturated heterocycles. The van der Waals surface area contributed by atoms with Crippen LogP contribution in [0.2, 0.25) is 0 Å². The Morgan fingerprint density at radius 2 is 2.17 bits per heavy atom. The molecule has 0 spiro atoms. The van der Waals surface area contributed by atoms with Crippen LogP contribution in [0.1, 0.15) is 33.6 Å². The van der Waals surface area contributed by atoms with Crippen molar-refractivity contribution >= 4 is 0 Å². The summed E-state index contributed by atoms with van der Waals surface area (Å²) in [4.78, 5) is 2.63. The predicted molar refractivity (Wildman–Crippen MR) is 53.4 cm³/mol. The van der Waals surface area contributed by atoms with Crippen molar-refractivity contribution in [1.29, 1.82) is 0 Å². The van der Waals surface area contributed by atoms with E-state index in [1.54, 1.807) is 0 Å². The minimum atomic E-state index is 0.680. The maximum absolute atomic E-state index is 3.53. The van der Waals surface area contributed by atoms with Gasteiger partial charge in [-0.1, -0.05) is 13.8 Å². The van der Waals surface area contributed by atoms with Gasteiger partial charge in [0.2, 0.25) is 0 Å². The Balaban J connectivity index is 2.40. The second kappa shape index (κ2) is 4.83. The molecule has 72 valence electrons. The van der Waals surface area contributed by atoms with E-state index in [4.69, 9.17) is 0 Å². The summed E-state index contributed by atoms with van der Waals surface area (Å²) < 4.78 is 0. The second-order valence-electron chi connectivity index (χ2n) is 3.87. The maximum atomic E-state index is 3.53. The average Bonchev–Trinajstić information content (AvgIpc) is 2.05. The highest BCUT2D eigenvalue weighted by Gasteiger charge is 2.22. The monoisotopic (exact) mass is 170 g/mol. The SMILES string of the molecule is CCCN1CC(C)NCC1CC. The lowest BCUT2D eigenvalue weighted by molar-refractivity contribution is 0.132. The fourth-order valence-electron chi connectivity index (χ4n) is 2.00. The van der Waals surface area contributed by atoms with Gasteiger partial charge in [0.15, 0.2) is 0 Å². The summed E-state index contributed by atoms with van der Waals surface area (Å²) in [6, 6.07) is 1.46. The Hall–Kier alpha value is -0.0800. The summed E-state index contributed by atoms with van der Waals surface area (Å²) in [5.74, 6) is 0. The minimum Gasteiger partial charge on any atom is -0.311 e. The third-order valence-electron chi connectivity index (χ3n) is 2.71. The topological polar surface area (TPSA) is 15.3 Å². The van der Waals surface area contributed by atoms with Crippen molar-refractivity contribution in [2.45, 2.75) is 45.7 Å². The fourth-order valence-corrected chi connectivity index (χ4v) is 2.00. The zero-order valence-corrected chi connectivity index (χ0v) is 8.64. The first-order valence-electron chi connectivity index (χ1n) is 5.25. The van der Waals surface area contributed by atoms with Gasteiger partial charge in [0.1, 0.15) is 0 Å². The zero-order valence-electron chi connectivity index (χ0n) is 8.64. The first-order valence-corrected chi connectivity index (χ1v) is 5.25. The molecule has 1 rings (SSSR count). The van der Waals surface area contributed by atoms with Crippen molar-refractivity contribution in [3.8, 4) is 0 Å². The van der Waals surface area contributed by atoms with Crippen LogP contribution in [-0.2, 0) is 0 Å². The van der Waals surface area contributed by atoms with E-state index in [-0.39, 0.29) is 0 Å². The molecule has 12 heavy (non-hydrogen) atoms. The van der Waals surface area contributed by atoms with Gasteiger partial charge in [0.25, 0.3) is 0 Å². The average molecular weight is 170 g/mol. The predicted octanol–water partition coefficient (Wildman–Crippen LogP) is 1.47. The number of hydrogen-bond acceptors (Lipinski definition) is 2. The minimum absolute atomic E-state index is 0.680. The molecule has 0 aromatic heterocycles. The molecule has 0 saturated carbocycles. The van der Waals surface area contributed by atoms with Crippen LogP contribution in [-0.4, -0.2) is 36.6 Å². The first-order chi connectivity index (χ1) is 5.77. The molecule has 1 heterocycles. The zero-order chi connectivity index (χ0) is 8.97. The molecule has 1 N–H and O–H groups in total. The van der Waals surface area contributed by atoms with Crippen LogP contribution in [0, 0.1) is 0 Å². The standard InChI is InChI=1S/C10H22N2/c1-4-6-12-8-9(3)11-7-10(12)5-2/h9-11H,4-8H2,1-3H3. The van der Waals surface area contributed by atoms with E-state index in [0.29, 0.717) is 6.04 Å². The van der Waals surface area contributed by atoms with Crippen LogP contribution in [0.3, 0.4) is 0 Å². The van der Waals surface area contributed by atoms with Crippen LogP contribution in [0.5, 0.6) is 0 Å². The molecule has 2 atom stereocenters. The van der Waals surface area contributed by atoms with Gasteiger partial charge in [0.05, 0.1) is 0 Å². The quantitative estimate of drug-likeness (QED) is 0.690. The Morgan fingerprint density at radius 3 is 2.75 bits per heavy atom. The van der Waals surface area contributed by atoms with E-state index < -0.39 is 0 Å². The fraction of sp³-hybridized carbons (Fsp3) is 1.00. The van der Waals surface area contributed by atoms with Gasteiger partial charge in [0, 0.05) is 25.2 Å². The highest BCUT2D eigenvalue weighted by molar-refractivity contribution is 4.82. The highest BCUT2D eigenvalue weighted by atomic mass is 15.2. The molecular weight excluding hydrogens is 148 g/mol. The Bertz CT molecular complexity index is 125. The van der Waals surface area contributed by atoms with E-state index in [0.717, 1.165) is 6.04 Å². The lowest BCUT2D eigenvalue weighted by Gasteiger charge is -2.38. The van der Waals surface area contributed by atoms with E-state index in [9.17, 15) is 0 Å². The molecule has 2 unspecified atom stereocenters. The van der Waals surface area contributed by atoms with Crippen LogP contribution in [0.15, 0.2) is 0 Å². The van der Waals surface area contributed by atoms with E-state index in [2.05, 4.69) is 31.0 Å². The molecule has 1 aliphatic rings. The molecule has 0 bridgehead atoms. The van der Waals surface area contributed by atoms with Crippen molar-refractivity contribution in [1.82, 2.24) is 10.2 Å². The van der Waals surface area contributed by atoms with Gasteiger partial charge in [-0.25, -0.2) is 0 Å².